The molecule has 0 fully saturated rings. The van der Waals surface area contributed by atoms with Crippen molar-refractivity contribution < 1.29 is 16.8 Å². The molecule has 0 spiro atoms. The molecule has 0 bridgehead atoms. The molecule has 0 atom stereocenters. The van der Waals surface area contributed by atoms with Crippen LogP contribution >= 0.6 is 39.1 Å². The molecule has 0 aliphatic heterocycles. The lowest BCUT2D eigenvalue weighted by Gasteiger charge is -2.25. The smallest absolute Gasteiger partial charge is 0.205 e. The molecule has 0 heterocycles. The second-order valence-corrected chi connectivity index (χ2v) is 10.3. The minimum atomic E-state index is -4.08. The van der Waals surface area contributed by atoms with Gasteiger partial charge in [-0.2, -0.15) is 3.71 Å². The summed E-state index contributed by atoms with van der Waals surface area (Å²) in [5.74, 6) is -0.618. The molecule has 0 aromatic heterocycles. The van der Waals surface area contributed by atoms with Gasteiger partial charge in [-0.15, -0.1) is 0 Å². The third kappa shape index (κ3) is 4.50. The van der Waals surface area contributed by atoms with E-state index < -0.39 is 20.0 Å². The van der Waals surface area contributed by atoms with Crippen LogP contribution < -0.4 is 3.71 Å². The lowest BCUT2D eigenvalue weighted by atomic mass is 10.3. The Labute approximate surface area is 149 Å². The van der Waals surface area contributed by atoms with Crippen LogP contribution in [-0.4, -0.2) is 28.3 Å². The van der Waals surface area contributed by atoms with Gasteiger partial charge < -0.3 is 0 Å². The van der Waals surface area contributed by atoms with E-state index in [4.69, 9.17) is 23.2 Å². The van der Waals surface area contributed by atoms with Crippen molar-refractivity contribution in [3.63, 3.8) is 0 Å². The molecule has 0 N–H and O–H groups in total. The van der Waals surface area contributed by atoms with Crippen molar-refractivity contribution in [2.75, 3.05) is 15.2 Å². The van der Waals surface area contributed by atoms with E-state index in [1.54, 1.807) is 13.8 Å². The first-order valence-corrected chi connectivity index (χ1v) is 11.2. The molecule has 0 aliphatic carbocycles. The van der Waals surface area contributed by atoms with Crippen molar-refractivity contribution in [1.82, 2.24) is 0 Å². The number of halogens is 3. The van der Waals surface area contributed by atoms with Crippen LogP contribution in [0.5, 0.6) is 0 Å². The maximum Gasteiger partial charge on any atom is 0.248 e. The number of rotatable bonds is 7. The van der Waals surface area contributed by atoms with Crippen LogP contribution in [0.15, 0.2) is 16.6 Å². The third-order valence-electron chi connectivity index (χ3n) is 2.60. The third-order valence-corrected chi connectivity index (χ3v) is 8.68. The van der Waals surface area contributed by atoms with Crippen LogP contribution in [-0.2, 0) is 20.0 Å². The fourth-order valence-electron chi connectivity index (χ4n) is 1.83. The molecule has 22 heavy (non-hydrogen) atoms. The molecule has 0 saturated heterocycles. The van der Waals surface area contributed by atoms with Crippen molar-refractivity contribution in [3.8, 4) is 0 Å². The number of anilines is 1. The second kappa shape index (κ2) is 7.70. The molecule has 1 aromatic rings. The zero-order chi connectivity index (χ0) is 17.1. The van der Waals surface area contributed by atoms with E-state index in [0.29, 0.717) is 8.18 Å². The Hall–Kier alpha value is -0.0200. The Morgan fingerprint density at radius 1 is 1.00 bits per heavy atom. The summed E-state index contributed by atoms with van der Waals surface area (Å²) in [6.07, 6.45) is 0.555. The summed E-state index contributed by atoms with van der Waals surface area (Å²) in [5, 5.41) is 0.151. The molecule has 0 radical (unpaired) electrons. The van der Waals surface area contributed by atoms with E-state index in [0.717, 1.165) is 0 Å². The fourth-order valence-corrected chi connectivity index (χ4v) is 7.00. The van der Waals surface area contributed by atoms with Crippen LogP contribution in [0.3, 0.4) is 0 Å². The first kappa shape index (κ1) is 20.0. The van der Waals surface area contributed by atoms with Crippen LogP contribution in [0, 0.1) is 0 Å². The van der Waals surface area contributed by atoms with Gasteiger partial charge in [0.25, 0.3) is 0 Å². The van der Waals surface area contributed by atoms with Crippen molar-refractivity contribution in [3.05, 3.63) is 26.7 Å². The van der Waals surface area contributed by atoms with Crippen molar-refractivity contribution >= 4 is 64.9 Å². The summed E-state index contributed by atoms with van der Waals surface area (Å²) in [7, 11) is -8.16. The molecule has 0 saturated carbocycles. The maximum absolute atomic E-state index is 12.5. The van der Waals surface area contributed by atoms with Gasteiger partial charge in [0.2, 0.25) is 20.0 Å². The molecule has 1 aromatic carbocycles. The van der Waals surface area contributed by atoms with E-state index in [-0.39, 0.29) is 40.1 Å². The minimum Gasteiger partial charge on any atom is -0.205 e. The van der Waals surface area contributed by atoms with Gasteiger partial charge in [-0.05, 0) is 40.9 Å². The zero-order valence-electron chi connectivity index (χ0n) is 12.0. The molecular weight excluding hydrogens is 437 g/mol. The van der Waals surface area contributed by atoms with Gasteiger partial charge in [0.05, 0.1) is 22.2 Å². The highest BCUT2D eigenvalue weighted by Gasteiger charge is 2.35. The molecule has 5 nitrogen and oxygen atoms in total. The standard InChI is InChI=1S/C12H16BrCl2NO4S2/c1-3-5-21(17,18)16(22(19,20)6-4-2)11-8-9(14)7-10(13)12(11)15/h7-8H,3-6H2,1-2H3. The molecule has 0 amide bonds. The van der Waals surface area contributed by atoms with E-state index in [1.165, 1.54) is 12.1 Å². The quantitative estimate of drug-likeness (QED) is 0.585. The minimum absolute atomic E-state index is 0.0243. The summed E-state index contributed by atoms with van der Waals surface area (Å²) in [4.78, 5) is 0. The molecule has 126 valence electrons. The normalized spacial score (nSPS) is 12.4. The Bertz CT molecular complexity index is 715. The molecular formula is C12H16BrCl2NO4S2. The highest BCUT2D eigenvalue weighted by molar-refractivity contribution is 9.10. The van der Waals surface area contributed by atoms with Crippen LogP contribution in [0.4, 0.5) is 5.69 Å². The van der Waals surface area contributed by atoms with Crippen molar-refractivity contribution in [2.24, 2.45) is 0 Å². The van der Waals surface area contributed by atoms with E-state index in [2.05, 4.69) is 15.9 Å². The predicted molar refractivity (Wildman–Crippen MR) is 94.8 cm³/mol. The van der Waals surface area contributed by atoms with Gasteiger partial charge in [-0.25, -0.2) is 16.8 Å². The summed E-state index contributed by atoms with van der Waals surface area (Å²) in [5.41, 5.74) is -0.164. The van der Waals surface area contributed by atoms with E-state index >= 15 is 0 Å². The Balaban J connectivity index is 3.67. The first-order chi connectivity index (χ1) is 10.1. The van der Waals surface area contributed by atoms with Crippen LogP contribution in [0.2, 0.25) is 10.0 Å². The highest BCUT2D eigenvalue weighted by atomic mass is 79.9. The summed E-state index contributed by atoms with van der Waals surface area (Å²) in [6, 6.07) is 2.69. The fraction of sp³-hybridized carbons (Fsp3) is 0.500. The Morgan fingerprint density at radius 3 is 1.86 bits per heavy atom. The van der Waals surface area contributed by atoms with Gasteiger partial charge in [0, 0.05) is 9.50 Å². The van der Waals surface area contributed by atoms with E-state index in [9.17, 15) is 16.8 Å². The molecule has 1 rings (SSSR count). The largest absolute Gasteiger partial charge is 0.248 e. The van der Waals surface area contributed by atoms with E-state index in [1.807, 2.05) is 0 Å². The summed E-state index contributed by atoms with van der Waals surface area (Å²) >= 11 is 15.2. The van der Waals surface area contributed by atoms with Crippen molar-refractivity contribution in [2.45, 2.75) is 26.7 Å². The number of sulfonamides is 2. The molecule has 0 unspecified atom stereocenters. The van der Waals surface area contributed by atoms with Crippen LogP contribution in [0.25, 0.3) is 0 Å². The maximum atomic E-state index is 12.5. The Kier molecular flexibility index (Phi) is 7.01. The first-order valence-electron chi connectivity index (χ1n) is 6.47. The number of nitrogens with zero attached hydrogens (tertiary/aromatic N) is 1. The average molecular weight is 453 g/mol. The Morgan fingerprint density at radius 2 is 1.45 bits per heavy atom. The van der Waals surface area contributed by atoms with Gasteiger partial charge >= 0.3 is 0 Å². The molecule has 10 heteroatoms. The van der Waals surface area contributed by atoms with Crippen LogP contribution in [0.1, 0.15) is 26.7 Å². The summed E-state index contributed by atoms with van der Waals surface area (Å²) < 4.78 is 50.6. The lowest BCUT2D eigenvalue weighted by Crippen LogP contribution is -2.40. The zero-order valence-corrected chi connectivity index (χ0v) is 16.7. The van der Waals surface area contributed by atoms with Gasteiger partial charge in [0.1, 0.15) is 0 Å². The summed E-state index contributed by atoms with van der Waals surface area (Å²) in [6.45, 7) is 3.30. The predicted octanol–water partition coefficient (Wildman–Crippen LogP) is 4.04. The number of hydrogen-bond acceptors (Lipinski definition) is 4. The van der Waals surface area contributed by atoms with Gasteiger partial charge in [-0.3, -0.25) is 0 Å². The monoisotopic (exact) mass is 451 g/mol. The topological polar surface area (TPSA) is 71.5 Å². The lowest BCUT2D eigenvalue weighted by molar-refractivity contribution is 0.583. The molecule has 0 aliphatic rings. The highest BCUT2D eigenvalue weighted by Crippen LogP contribution is 2.38. The second-order valence-electron chi connectivity index (χ2n) is 4.55. The number of benzene rings is 1. The SMILES string of the molecule is CCCS(=O)(=O)N(c1cc(Cl)cc(Br)c1Cl)S(=O)(=O)CCC. The van der Waals surface area contributed by atoms with Crippen molar-refractivity contribution in [1.29, 1.82) is 0 Å². The van der Waals surface area contributed by atoms with Gasteiger partial charge in [-0.1, -0.05) is 37.0 Å². The number of hydrogen-bond donors (Lipinski definition) is 0. The average Bonchev–Trinajstić information content (AvgIpc) is 2.34. The van der Waals surface area contributed by atoms with Gasteiger partial charge in [0.15, 0.2) is 0 Å².